The molecule has 0 radical (unpaired) electrons. The van der Waals surface area contributed by atoms with Crippen LogP contribution in [0.25, 0.3) is 0 Å². The number of carbonyl (C=O) groups excluding carboxylic acids is 2. The summed E-state index contributed by atoms with van der Waals surface area (Å²) in [5.74, 6) is -0.474. The van der Waals surface area contributed by atoms with E-state index < -0.39 is 12.1 Å². The summed E-state index contributed by atoms with van der Waals surface area (Å²) in [4.78, 5) is 30.4. The van der Waals surface area contributed by atoms with E-state index in [4.69, 9.17) is 4.74 Å². The van der Waals surface area contributed by atoms with Gasteiger partial charge >= 0.3 is 5.97 Å². The van der Waals surface area contributed by atoms with E-state index in [-0.39, 0.29) is 5.91 Å². The molecule has 1 unspecified atom stereocenters. The average molecular weight is 435 g/mol. The van der Waals surface area contributed by atoms with Crippen LogP contribution in [0.4, 0.5) is 0 Å². The van der Waals surface area contributed by atoms with E-state index in [0.717, 1.165) is 29.0 Å². The fourth-order valence-electron chi connectivity index (χ4n) is 3.46. The maximum absolute atomic E-state index is 12.8. The van der Waals surface area contributed by atoms with Gasteiger partial charge in [0.25, 0.3) is 5.91 Å². The molecule has 4 rings (SSSR count). The molecule has 1 fully saturated rings. The number of benzene rings is 1. The molecule has 26 heavy (non-hydrogen) atoms. The van der Waals surface area contributed by atoms with Gasteiger partial charge in [0.1, 0.15) is 0 Å². The van der Waals surface area contributed by atoms with Crippen LogP contribution < -0.4 is 0 Å². The molecule has 1 saturated heterocycles. The van der Waals surface area contributed by atoms with Crippen molar-refractivity contribution in [2.75, 3.05) is 26.2 Å². The smallest absolute Gasteiger partial charge is 0.339 e. The minimum absolute atomic E-state index is 0.0774. The molecule has 1 atom stereocenters. The van der Waals surface area contributed by atoms with Gasteiger partial charge in [0.2, 0.25) is 0 Å². The van der Waals surface area contributed by atoms with Gasteiger partial charge in [0.05, 0.1) is 9.35 Å². The van der Waals surface area contributed by atoms with Gasteiger partial charge < -0.3 is 9.64 Å². The number of hydrogen-bond donors (Lipinski definition) is 0. The molecule has 7 heteroatoms. The Morgan fingerprint density at radius 2 is 1.92 bits per heavy atom. The van der Waals surface area contributed by atoms with Crippen LogP contribution in [0.5, 0.6) is 0 Å². The van der Waals surface area contributed by atoms with Crippen molar-refractivity contribution in [3.63, 3.8) is 0 Å². The van der Waals surface area contributed by atoms with E-state index in [9.17, 15) is 9.59 Å². The lowest BCUT2D eigenvalue weighted by Crippen LogP contribution is -2.52. The summed E-state index contributed by atoms with van der Waals surface area (Å²) >= 11 is 5.23. The number of ether oxygens (including phenoxy) is 1. The Hall–Kier alpha value is -1.70. The first-order valence-corrected chi connectivity index (χ1v) is 10.3. The summed E-state index contributed by atoms with van der Waals surface area (Å²) < 4.78 is 6.55. The minimum Gasteiger partial charge on any atom is -0.448 e. The predicted molar refractivity (Wildman–Crippen MR) is 103 cm³/mol. The van der Waals surface area contributed by atoms with E-state index >= 15 is 0 Å². The lowest BCUT2D eigenvalue weighted by Gasteiger charge is -2.36. The Morgan fingerprint density at radius 3 is 2.65 bits per heavy atom. The molecule has 3 heterocycles. The number of piperazine rings is 1. The summed E-state index contributed by atoms with van der Waals surface area (Å²) in [6, 6.07) is 11.5. The van der Waals surface area contributed by atoms with Crippen LogP contribution in [-0.4, -0.2) is 54.0 Å². The first kappa shape index (κ1) is 17.7. The summed E-state index contributed by atoms with van der Waals surface area (Å²) in [6.45, 7) is 3.91. The summed E-state index contributed by atoms with van der Waals surface area (Å²) in [7, 11) is 0. The van der Waals surface area contributed by atoms with E-state index in [0.29, 0.717) is 25.1 Å². The Labute approximate surface area is 164 Å². The molecule has 0 bridgehead atoms. The summed E-state index contributed by atoms with van der Waals surface area (Å²) in [5, 5.41) is 0. The van der Waals surface area contributed by atoms with E-state index in [1.165, 1.54) is 4.88 Å². The van der Waals surface area contributed by atoms with Crippen LogP contribution in [0, 0.1) is 0 Å². The first-order valence-electron chi connectivity index (χ1n) is 8.64. The highest BCUT2D eigenvalue weighted by Crippen LogP contribution is 2.25. The monoisotopic (exact) mass is 434 g/mol. The molecule has 0 saturated carbocycles. The van der Waals surface area contributed by atoms with Gasteiger partial charge in [0.15, 0.2) is 6.10 Å². The second-order valence-corrected chi connectivity index (χ2v) is 9.11. The number of nitrogens with zero attached hydrogens (tertiary/aromatic N) is 2. The fourth-order valence-corrected chi connectivity index (χ4v) is 4.98. The molecule has 0 N–H and O–H groups in total. The van der Waals surface area contributed by atoms with Crippen molar-refractivity contribution in [1.82, 2.24) is 9.80 Å². The van der Waals surface area contributed by atoms with Gasteiger partial charge in [-0.25, -0.2) is 4.79 Å². The van der Waals surface area contributed by atoms with Crippen molar-refractivity contribution in [1.29, 1.82) is 0 Å². The summed E-state index contributed by atoms with van der Waals surface area (Å²) in [5.41, 5.74) is 1.47. The van der Waals surface area contributed by atoms with E-state index in [1.54, 1.807) is 17.4 Å². The average Bonchev–Trinajstić information content (AvgIpc) is 3.06. The molecule has 1 aromatic heterocycles. The second kappa shape index (κ2) is 7.50. The molecule has 2 aliphatic rings. The van der Waals surface area contributed by atoms with E-state index in [2.05, 4.69) is 33.0 Å². The van der Waals surface area contributed by atoms with Crippen LogP contribution in [-0.2, 0) is 22.5 Å². The number of cyclic esters (lactones) is 1. The first-order chi connectivity index (χ1) is 12.6. The highest BCUT2D eigenvalue weighted by atomic mass is 79.9. The minimum atomic E-state index is -0.697. The quantitative estimate of drug-likeness (QED) is 0.696. The molecule has 2 aromatic rings. The van der Waals surface area contributed by atoms with Crippen molar-refractivity contribution in [2.24, 2.45) is 0 Å². The van der Waals surface area contributed by atoms with Crippen molar-refractivity contribution in [2.45, 2.75) is 19.1 Å². The van der Waals surface area contributed by atoms with Crippen LogP contribution in [0.3, 0.4) is 0 Å². The van der Waals surface area contributed by atoms with Gasteiger partial charge in [-0.1, -0.05) is 18.2 Å². The molecular weight excluding hydrogens is 416 g/mol. The largest absolute Gasteiger partial charge is 0.448 e. The number of rotatable bonds is 3. The van der Waals surface area contributed by atoms with Crippen molar-refractivity contribution in [3.8, 4) is 0 Å². The van der Waals surface area contributed by atoms with Gasteiger partial charge in [-0.15, -0.1) is 11.3 Å². The lowest BCUT2D eigenvalue weighted by atomic mass is 9.98. The Morgan fingerprint density at radius 1 is 1.15 bits per heavy atom. The molecule has 5 nitrogen and oxygen atoms in total. The van der Waals surface area contributed by atoms with Gasteiger partial charge in [-0.2, -0.15) is 0 Å². The molecule has 0 spiro atoms. The van der Waals surface area contributed by atoms with Crippen molar-refractivity contribution < 1.29 is 14.3 Å². The topological polar surface area (TPSA) is 49.9 Å². The van der Waals surface area contributed by atoms with E-state index in [1.807, 2.05) is 23.1 Å². The zero-order valence-corrected chi connectivity index (χ0v) is 16.6. The number of fused-ring (bicyclic) bond motifs is 1. The number of carbonyl (C=O) groups is 2. The molecule has 1 aromatic carbocycles. The van der Waals surface area contributed by atoms with Crippen LogP contribution in [0.15, 0.2) is 40.2 Å². The standard InChI is InChI=1S/C19H19BrN2O3S/c20-17-6-5-14(26-17)12-21-7-9-22(10-8-21)18(23)16-11-13-3-1-2-4-15(13)19(24)25-16/h1-6,16H,7-12H2. The number of halogens is 1. The van der Waals surface area contributed by atoms with Crippen LogP contribution >= 0.6 is 27.3 Å². The number of thiophene rings is 1. The van der Waals surface area contributed by atoms with Crippen molar-refractivity contribution >= 4 is 39.1 Å². The maximum atomic E-state index is 12.8. The third-order valence-electron chi connectivity index (χ3n) is 4.86. The van der Waals surface area contributed by atoms with Gasteiger partial charge in [0, 0.05) is 44.0 Å². The molecular formula is C19H19BrN2O3S. The molecule has 136 valence electrons. The van der Waals surface area contributed by atoms with Gasteiger partial charge in [-0.05, 0) is 39.7 Å². The zero-order valence-electron chi connectivity index (χ0n) is 14.2. The third-order valence-corrected chi connectivity index (χ3v) is 6.47. The number of amides is 1. The molecule has 2 aliphatic heterocycles. The van der Waals surface area contributed by atoms with Crippen molar-refractivity contribution in [3.05, 3.63) is 56.2 Å². The fraction of sp³-hybridized carbons (Fsp3) is 0.368. The second-order valence-electron chi connectivity index (χ2n) is 6.56. The molecule has 1 amide bonds. The highest BCUT2D eigenvalue weighted by molar-refractivity contribution is 9.11. The normalized spacial score (nSPS) is 20.6. The maximum Gasteiger partial charge on any atom is 0.339 e. The van der Waals surface area contributed by atoms with Crippen LogP contribution in [0.1, 0.15) is 20.8 Å². The number of esters is 1. The SMILES string of the molecule is O=C1OC(C(=O)N2CCN(Cc3ccc(Br)s3)CC2)Cc2ccccc21. The predicted octanol–water partition coefficient (Wildman–Crippen LogP) is 2.94. The van der Waals surface area contributed by atoms with Crippen LogP contribution in [0.2, 0.25) is 0 Å². The third kappa shape index (κ3) is 3.70. The summed E-state index contributed by atoms with van der Waals surface area (Å²) in [6.07, 6.45) is -0.235. The van der Waals surface area contributed by atoms with Gasteiger partial charge in [-0.3, -0.25) is 9.69 Å². The Balaban J connectivity index is 1.35. The highest BCUT2D eigenvalue weighted by Gasteiger charge is 2.34. The lowest BCUT2D eigenvalue weighted by molar-refractivity contribution is -0.142. The zero-order chi connectivity index (χ0) is 18.1. The molecule has 0 aliphatic carbocycles. The Bertz CT molecular complexity index is 830. The number of hydrogen-bond acceptors (Lipinski definition) is 5. The Kier molecular flexibility index (Phi) is 5.11.